The van der Waals surface area contributed by atoms with Crippen molar-refractivity contribution in [2.45, 2.75) is 23.0 Å². The van der Waals surface area contributed by atoms with Crippen LogP contribution in [0.25, 0.3) is 0 Å². The molecule has 6 heteroatoms. The summed E-state index contributed by atoms with van der Waals surface area (Å²) in [7, 11) is 0. The lowest BCUT2D eigenvalue weighted by Gasteiger charge is -2.25. The summed E-state index contributed by atoms with van der Waals surface area (Å²) in [6.07, 6.45) is 2.71. The zero-order valence-corrected chi connectivity index (χ0v) is 18.8. The van der Waals surface area contributed by atoms with Crippen molar-refractivity contribution in [3.05, 3.63) is 78.4 Å². The van der Waals surface area contributed by atoms with E-state index in [0.717, 1.165) is 35.1 Å². The van der Waals surface area contributed by atoms with Crippen LogP contribution < -0.4 is 9.47 Å². The lowest BCUT2D eigenvalue weighted by molar-refractivity contribution is 0.238. The van der Waals surface area contributed by atoms with E-state index in [0.29, 0.717) is 6.61 Å². The highest BCUT2D eigenvalue weighted by atomic mass is 32.2. The van der Waals surface area contributed by atoms with Crippen LogP contribution >= 0.6 is 11.8 Å². The number of para-hydroxylation sites is 1. The first-order chi connectivity index (χ1) is 15.7. The number of benzene rings is 3. The summed E-state index contributed by atoms with van der Waals surface area (Å²) < 4.78 is 11.3. The topological polar surface area (TPSA) is 62.2 Å². The Bertz CT molecular complexity index is 975. The normalized spacial score (nSPS) is 17.6. The highest BCUT2D eigenvalue weighted by molar-refractivity contribution is 7.99. The van der Waals surface area contributed by atoms with Crippen LogP contribution in [0.15, 0.2) is 77.7 Å². The van der Waals surface area contributed by atoms with Crippen molar-refractivity contribution < 1.29 is 19.7 Å². The summed E-state index contributed by atoms with van der Waals surface area (Å²) >= 11 is 1.66. The average molecular weight is 452 g/mol. The fraction of sp³-hybridized carbons (Fsp3) is 0.308. The molecule has 0 aliphatic carbocycles. The molecule has 168 valence electrons. The van der Waals surface area contributed by atoms with Gasteiger partial charge in [-0.2, -0.15) is 0 Å². The van der Waals surface area contributed by atoms with Crippen molar-refractivity contribution in [3.63, 3.8) is 0 Å². The predicted octanol–water partition coefficient (Wildman–Crippen LogP) is 5.48. The van der Waals surface area contributed by atoms with Gasteiger partial charge in [0.05, 0.1) is 10.1 Å². The number of rotatable bonds is 5. The molecule has 3 aromatic rings. The van der Waals surface area contributed by atoms with Gasteiger partial charge in [-0.25, -0.2) is 0 Å². The van der Waals surface area contributed by atoms with Crippen molar-refractivity contribution >= 4 is 11.8 Å². The lowest BCUT2D eigenvalue weighted by atomic mass is 10.1. The third-order valence-corrected chi connectivity index (χ3v) is 6.74. The van der Waals surface area contributed by atoms with Crippen molar-refractivity contribution in [1.82, 2.24) is 4.90 Å². The third kappa shape index (κ3) is 6.34. The Morgan fingerprint density at radius 2 is 1.62 bits per heavy atom. The molecule has 3 aromatic carbocycles. The Morgan fingerprint density at radius 3 is 2.38 bits per heavy atom. The smallest absolute Gasteiger partial charge is 0.133 e. The van der Waals surface area contributed by atoms with Gasteiger partial charge in [-0.3, -0.25) is 4.90 Å². The van der Waals surface area contributed by atoms with Gasteiger partial charge in [0.25, 0.3) is 0 Å². The number of ether oxygens (including phenoxy) is 2. The van der Waals surface area contributed by atoms with Crippen LogP contribution in [0.4, 0.5) is 0 Å². The second kappa shape index (κ2) is 11.2. The average Bonchev–Trinajstić information content (AvgIpc) is 3.34. The van der Waals surface area contributed by atoms with Crippen LogP contribution in [0.1, 0.15) is 23.7 Å². The van der Waals surface area contributed by atoms with Crippen LogP contribution in [0, 0.1) is 0 Å². The summed E-state index contributed by atoms with van der Waals surface area (Å²) in [5, 5.41) is 18.9. The molecule has 1 atom stereocenters. The third-order valence-electron chi connectivity index (χ3n) is 5.47. The van der Waals surface area contributed by atoms with E-state index in [4.69, 9.17) is 9.47 Å². The maximum Gasteiger partial charge on any atom is 0.133 e. The van der Waals surface area contributed by atoms with Crippen molar-refractivity contribution in [3.8, 4) is 23.0 Å². The van der Waals surface area contributed by atoms with E-state index >= 15 is 0 Å². The Labute approximate surface area is 193 Å². The number of hydrogen-bond donors (Lipinski definition) is 2. The van der Waals surface area contributed by atoms with Crippen LogP contribution in [0.3, 0.4) is 0 Å². The number of fused-ring (bicyclic) bond motifs is 1. The van der Waals surface area contributed by atoms with Gasteiger partial charge in [0, 0.05) is 6.54 Å². The second-order valence-electron chi connectivity index (χ2n) is 7.85. The van der Waals surface area contributed by atoms with Crippen molar-refractivity contribution in [1.29, 1.82) is 0 Å². The van der Waals surface area contributed by atoms with E-state index in [9.17, 15) is 10.2 Å². The molecule has 0 amide bonds. The molecule has 2 aliphatic heterocycles. The molecule has 0 bridgehead atoms. The van der Waals surface area contributed by atoms with Gasteiger partial charge in [0.15, 0.2) is 0 Å². The molecular weight excluding hydrogens is 422 g/mol. The SMILES string of the molecule is Oc1ccc([C@@H]2COc3ccc(O)cc3S2)cc1.c1ccc(OCCN2CCCC2)cc1. The largest absolute Gasteiger partial charge is 0.508 e. The maximum absolute atomic E-state index is 9.48. The Hall–Kier alpha value is -2.83. The quantitative estimate of drug-likeness (QED) is 0.535. The molecule has 2 heterocycles. The predicted molar refractivity (Wildman–Crippen MR) is 128 cm³/mol. The molecule has 0 unspecified atom stereocenters. The molecule has 5 rings (SSSR count). The van der Waals surface area contributed by atoms with E-state index in [1.54, 1.807) is 42.1 Å². The van der Waals surface area contributed by atoms with Gasteiger partial charge in [-0.05, 0) is 74.0 Å². The number of likely N-dealkylation sites (tertiary alicyclic amines) is 1. The Morgan fingerprint density at radius 1 is 0.906 bits per heavy atom. The van der Waals surface area contributed by atoms with E-state index in [1.807, 2.05) is 42.5 Å². The van der Waals surface area contributed by atoms with E-state index in [-0.39, 0.29) is 16.7 Å². The summed E-state index contributed by atoms with van der Waals surface area (Å²) in [5.41, 5.74) is 1.10. The number of hydrogen-bond acceptors (Lipinski definition) is 6. The molecule has 2 N–H and O–H groups in total. The van der Waals surface area contributed by atoms with Gasteiger partial charge >= 0.3 is 0 Å². The standard InChI is InChI=1S/C14H12O3S.C12H17NO/c15-10-3-1-9(2-4-10)14-8-17-12-6-5-11(16)7-13(12)18-14;1-2-6-12(7-3-1)14-11-10-13-8-4-5-9-13/h1-7,14-16H,8H2;1-3,6-7H,4-5,8-11H2/t14-;/m0./s1. The van der Waals surface area contributed by atoms with Gasteiger partial charge in [-0.15, -0.1) is 11.8 Å². The molecular formula is C26H29NO4S. The zero-order valence-electron chi connectivity index (χ0n) is 18.0. The number of aromatic hydroxyl groups is 2. The van der Waals surface area contributed by atoms with E-state index in [1.165, 1.54) is 25.9 Å². The van der Waals surface area contributed by atoms with Gasteiger partial charge < -0.3 is 19.7 Å². The molecule has 1 saturated heterocycles. The van der Waals surface area contributed by atoms with Gasteiger partial charge in [0.1, 0.15) is 36.2 Å². The fourth-order valence-electron chi connectivity index (χ4n) is 3.73. The van der Waals surface area contributed by atoms with Gasteiger partial charge in [0.2, 0.25) is 0 Å². The summed E-state index contributed by atoms with van der Waals surface area (Å²) in [6.45, 7) is 4.96. The van der Waals surface area contributed by atoms with Crippen LogP contribution in [0.2, 0.25) is 0 Å². The summed E-state index contributed by atoms with van der Waals surface area (Å²) in [4.78, 5) is 3.41. The lowest BCUT2D eigenvalue weighted by Crippen LogP contribution is -2.25. The Balaban J connectivity index is 0.000000158. The molecule has 0 aromatic heterocycles. The molecule has 32 heavy (non-hydrogen) atoms. The number of thioether (sulfide) groups is 1. The minimum atomic E-state index is 0.180. The van der Waals surface area contributed by atoms with Crippen LogP contribution in [-0.4, -0.2) is 48.0 Å². The molecule has 1 fully saturated rings. The fourth-order valence-corrected chi connectivity index (χ4v) is 4.90. The maximum atomic E-state index is 9.48. The molecule has 0 saturated carbocycles. The minimum Gasteiger partial charge on any atom is -0.508 e. The minimum absolute atomic E-state index is 0.180. The zero-order chi connectivity index (χ0) is 22.2. The highest BCUT2D eigenvalue weighted by Crippen LogP contribution is 2.45. The number of phenolic OH excluding ortho intramolecular Hbond substituents is 2. The van der Waals surface area contributed by atoms with Crippen LogP contribution in [0.5, 0.6) is 23.0 Å². The molecule has 5 nitrogen and oxygen atoms in total. The second-order valence-corrected chi connectivity index (χ2v) is 9.09. The van der Waals surface area contributed by atoms with E-state index in [2.05, 4.69) is 4.90 Å². The molecule has 0 radical (unpaired) electrons. The molecule has 2 aliphatic rings. The van der Waals surface area contributed by atoms with E-state index < -0.39 is 0 Å². The Kier molecular flexibility index (Phi) is 7.80. The van der Waals surface area contributed by atoms with Crippen molar-refractivity contribution in [2.75, 3.05) is 32.8 Å². The summed E-state index contributed by atoms with van der Waals surface area (Å²) in [5.74, 6) is 2.30. The first-order valence-electron chi connectivity index (χ1n) is 11.0. The van der Waals surface area contributed by atoms with Gasteiger partial charge in [-0.1, -0.05) is 30.3 Å². The van der Waals surface area contributed by atoms with Crippen LogP contribution in [-0.2, 0) is 0 Å². The number of nitrogens with zero attached hydrogens (tertiary/aromatic N) is 1. The van der Waals surface area contributed by atoms with Crippen molar-refractivity contribution in [2.24, 2.45) is 0 Å². The molecule has 0 spiro atoms. The highest BCUT2D eigenvalue weighted by Gasteiger charge is 2.22. The first kappa shape index (κ1) is 22.4. The first-order valence-corrected chi connectivity index (χ1v) is 11.9. The summed E-state index contributed by atoms with van der Waals surface area (Å²) in [6, 6.07) is 22.3. The monoisotopic (exact) mass is 451 g/mol. The number of phenols is 2.